The van der Waals surface area contributed by atoms with E-state index in [1.54, 1.807) is 19.1 Å². The van der Waals surface area contributed by atoms with Crippen LogP contribution in [0.1, 0.15) is 26.4 Å². The van der Waals surface area contributed by atoms with Gasteiger partial charge in [0.1, 0.15) is 11.4 Å². The molecule has 11 nitrogen and oxygen atoms in total. The highest BCUT2D eigenvalue weighted by Crippen LogP contribution is 2.46. The van der Waals surface area contributed by atoms with Gasteiger partial charge in [-0.25, -0.2) is 4.98 Å². The van der Waals surface area contributed by atoms with Crippen LogP contribution in [-0.2, 0) is 4.74 Å². The number of nitrogens with one attached hydrogen (secondary N) is 1. The minimum absolute atomic E-state index is 0.00980. The van der Waals surface area contributed by atoms with Gasteiger partial charge in [0.2, 0.25) is 17.3 Å². The summed E-state index contributed by atoms with van der Waals surface area (Å²) in [6, 6.07) is 5.93. The van der Waals surface area contributed by atoms with E-state index in [4.69, 9.17) is 25.7 Å². The Bertz CT molecular complexity index is 1500. The molecule has 6 N–H and O–H groups in total. The molecule has 3 aromatic rings. The zero-order valence-electron chi connectivity index (χ0n) is 19.3. The number of pyridine rings is 2. The van der Waals surface area contributed by atoms with Gasteiger partial charge in [0.25, 0.3) is 5.56 Å². The molecule has 1 aromatic carbocycles. The first-order valence-corrected chi connectivity index (χ1v) is 10.3. The number of allylic oxidation sites excluding steroid dienone is 2. The molecule has 0 amide bonds. The second kappa shape index (κ2) is 8.52. The predicted octanol–water partition coefficient (Wildman–Crippen LogP) is 1.91. The summed E-state index contributed by atoms with van der Waals surface area (Å²) in [6.07, 6.45) is 0. The number of carbonyl (C=O) groups is 2. The topological polar surface area (TPSA) is 180 Å². The van der Waals surface area contributed by atoms with Crippen molar-refractivity contribution in [2.24, 2.45) is 5.73 Å². The van der Waals surface area contributed by atoms with E-state index in [0.717, 1.165) is 0 Å². The Labute approximate surface area is 199 Å². The van der Waals surface area contributed by atoms with Gasteiger partial charge in [0.05, 0.1) is 44.0 Å². The summed E-state index contributed by atoms with van der Waals surface area (Å²) >= 11 is 0. The van der Waals surface area contributed by atoms with E-state index < -0.39 is 17.1 Å². The van der Waals surface area contributed by atoms with Crippen LogP contribution in [0.3, 0.4) is 0 Å². The van der Waals surface area contributed by atoms with E-state index in [9.17, 15) is 19.5 Å². The van der Waals surface area contributed by atoms with Crippen LogP contribution in [0.15, 0.2) is 40.5 Å². The number of anilines is 1. The van der Waals surface area contributed by atoms with Gasteiger partial charge in [-0.15, -0.1) is 0 Å². The number of aromatic nitrogens is 2. The van der Waals surface area contributed by atoms with Gasteiger partial charge in [-0.3, -0.25) is 14.4 Å². The predicted molar refractivity (Wildman–Crippen MR) is 127 cm³/mol. The number of phenols is 1. The third-order valence-electron chi connectivity index (χ3n) is 5.79. The lowest BCUT2D eigenvalue weighted by atomic mass is 9.94. The molecule has 180 valence electrons. The summed E-state index contributed by atoms with van der Waals surface area (Å²) in [7, 11) is 4.03. The van der Waals surface area contributed by atoms with Gasteiger partial charge in [0, 0.05) is 16.7 Å². The Kier molecular flexibility index (Phi) is 5.69. The Morgan fingerprint density at radius 3 is 2.23 bits per heavy atom. The molecule has 35 heavy (non-hydrogen) atoms. The van der Waals surface area contributed by atoms with E-state index in [2.05, 4.69) is 9.97 Å². The number of methoxy groups -OCH3 is 3. The summed E-state index contributed by atoms with van der Waals surface area (Å²) in [4.78, 5) is 45.2. The van der Waals surface area contributed by atoms with E-state index in [1.807, 2.05) is 0 Å². The number of nitrogen functional groups attached to an aromatic ring is 1. The highest BCUT2D eigenvalue weighted by Gasteiger charge is 2.34. The highest BCUT2D eigenvalue weighted by molar-refractivity contribution is 6.25. The van der Waals surface area contributed by atoms with Crippen molar-refractivity contribution in [2.75, 3.05) is 27.1 Å². The number of aromatic amines is 1. The van der Waals surface area contributed by atoms with Crippen LogP contribution < -0.4 is 26.5 Å². The molecule has 0 atom stereocenters. The normalized spacial score (nSPS) is 13.0. The maximum absolute atomic E-state index is 12.8. The number of fused-ring (bicyclic) bond motifs is 1. The Morgan fingerprint density at radius 2 is 1.60 bits per heavy atom. The average molecular weight is 478 g/mol. The maximum Gasteiger partial charge on any atom is 0.252 e. The van der Waals surface area contributed by atoms with Gasteiger partial charge < -0.3 is 35.8 Å². The van der Waals surface area contributed by atoms with Crippen LogP contribution in [0.5, 0.6) is 17.2 Å². The van der Waals surface area contributed by atoms with Crippen LogP contribution in [0.2, 0.25) is 0 Å². The molecule has 0 saturated heterocycles. The third kappa shape index (κ3) is 3.44. The fraction of sp³-hybridized carbons (Fsp3) is 0.167. The number of H-pyrrole nitrogens is 1. The van der Waals surface area contributed by atoms with Gasteiger partial charge in [-0.2, -0.15) is 0 Å². The Hall–Kier alpha value is -4.80. The molecule has 11 heteroatoms. The minimum atomic E-state index is -0.691. The average Bonchev–Trinajstić information content (AvgIpc) is 2.85. The lowest BCUT2D eigenvalue weighted by molar-refractivity contribution is 0.0902. The molecular formula is C24H22N4O7. The van der Waals surface area contributed by atoms with E-state index in [0.29, 0.717) is 0 Å². The molecule has 0 radical (unpaired) electrons. The smallest absolute Gasteiger partial charge is 0.252 e. The number of nitrogens with zero attached hydrogens (tertiary/aromatic N) is 1. The lowest BCUT2D eigenvalue weighted by Crippen LogP contribution is -2.28. The molecule has 0 saturated carbocycles. The first-order valence-electron chi connectivity index (χ1n) is 10.3. The summed E-state index contributed by atoms with van der Waals surface area (Å²) in [5.74, 6) is -1.45. The number of hydrogen-bond donors (Lipinski definition) is 4. The van der Waals surface area contributed by atoms with Crippen molar-refractivity contribution in [3.8, 4) is 39.8 Å². The van der Waals surface area contributed by atoms with Crippen LogP contribution in [0.25, 0.3) is 22.5 Å². The van der Waals surface area contributed by atoms with Gasteiger partial charge in [0.15, 0.2) is 17.3 Å². The third-order valence-corrected chi connectivity index (χ3v) is 5.79. The van der Waals surface area contributed by atoms with Crippen molar-refractivity contribution in [2.45, 2.75) is 6.92 Å². The fourth-order valence-electron chi connectivity index (χ4n) is 4.01. The Morgan fingerprint density at radius 1 is 0.914 bits per heavy atom. The second-order valence-electron chi connectivity index (χ2n) is 7.64. The Balaban J connectivity index is 1.95. The molecule has 0 unspecified atom stereocenters. The highest BCUT2D eigenvalue weighted by atomic mass is 16.5. The molecule has 4 rings (SSSR count). The van der Waals surface area contributed by atoms with E-state index in [-0.39, 0.29) is 73.7 Å². The van der Waals surface area contributed by atoms with Crippen molar-refractivity contribution in [3.05, 3.63) is 62.9 Å². The van der Waals surface area contributed by atoms with E-state index >= 15 is 0 Å². The van der Waals surface area contributed by atoms with Crippen LogP contribution in [0, 0.1) is 6.92 Å². The number of carbonyl (C=O) groups excluding carboxylic acids is 2. The summed E-state index contributed by atoms with van der Waals surface area (Å²) < 4.78 is 15.4. The molecule has 0 bridgehead atoms. The minimum Gasteiger partial charge on any atom is -0.504 e. The van der Waals surface area contributed by atoms with Crippen molar-refractivity contribution >= 4 is 17.3 Å². The number of rotatable bonds is 5. The van der Waals surface area contributed by atoms with Crippen molar-refractivity contribution in [1.29, 1.82) is 0 Å². The zero-order valence-corrected chi connectivity index (χ0v) is 19.3. The van der Waals surface area contributed by atoms with Crippen molar-refractivity contribution in [1.82, 2.24) is 9.97 Å². The summed E-state index contributed by atoms with van der Waals surface area (Å²) in [6.45, 7) is 1.55. The first kappa shape index (κ1) is 23.4. The van der Waals surface area contributed by atoms with Crippen LogP contribution in [-0.4, -0.2) is 48.0 Å². The maximum atomic E-state index is 12.8. The lowest BCUT2D eigenvalue weighted by Gasteiger charge is -2.19. The second-order valence-corrected chi connectivity index (χ2v) is 7.64. The van der Waals surface area contributed by atoms with Crippen molar-refractivity contribution < 1.29 is 28.9 Å². The fourth-order valence-corrected chi connectivity index (χ4v) is 4.01. The quantitative estimate of drug-likeness (QED) is 0.423. The largest absolute Gasteiger partial charge is 0.504 e. The number of Topliss-reactive ketones (excluding diaryl/α,β-unsaturated/α-hetero) is 2. The number of nitrogens with two attached hydrogens (primary N) is 2. The molecule has 0 fully saturated rings. The zero-order chi connectivity index (χ0) is 25.6. The number of ether oxygens (including phenoxy) is 3. The standard InChI is InChI=1S/C24H22N4O7/c1-9-14(10-6-8-13(33-2)22(34-3)19(10)29)15(25)18(28-24(9)32)12-7-5-11-17(27-12)21(31)16(26)23(35-4)20(11)30/h5-8,29H,25-26H2,1-4H3,(H,28,32). The number of phenolic OH excluding ortho intramolecular Hbond substituents is 1. The number of benzene rings is 1. The van der Waals surface area contributed by atoms with Crippen molar-refractivity contribution in [3.63, 3.8) is 0 Å². The summed E-state index contributed by atoms with van der Waals surface area (Å²) in [5, 5.41) is 10.9. The van der Waals surface area contributed by atoms with E-state index in [1.165, 1.54) is 33.5 Å². The summed E-state index contributed by atoms with van der Waals surface area (Å²) in [5.41, 5.74) is 12.2. The molecule has 0 aliphatic heterocycles. The van der Waals surface area contributed by atoms with Gasteiger partial charge in [-0.1, -0.05) is 0 Å². The monoisotopic (exact) mass is 478 g/mol. The van der Waals surface area contributed by atoms with Gasteiger partial charge in [-0.05, 0) is 31.2 Å². The molecule has 2 aromatic heterocycles. The first-order chi connectivity index (χ1) is 16.7. The van der Waals surface area contributed by atoms with Crippen LogP contribution >= 0.6 is 0 Å². The molecule has 2 heterocycles. The number of ketones is 2. The number of hydrogen-bond acceptors (Lipinski definition) is 10. The van der Waals surface area contributed by atoms with Crippen LogP contribution in [0.4, 0.5) is 5.69 Å². The number of aromatic hydroxyl groups is 1. The molecule has 1 aliphatic rings. The molecule has 0 spiro atoms. The molecular weight excluding hydrogens is 456 g/mol. The SMILES string of the molecule is COC1=C(N)C(=O)c2nc(-c3[nH]c(=O)c(C)c(-c4ccc(OC)c(OC)c4O)c3N)ccc2C1=O. The van der Waals surface area contributed by atoms with Gasteiger partial charge >= 0.3 is 0 Å². The molecule has 1 aliphatic carbocycles.